The highest BCUT2D eigenvalue weighted by Crippen LogP contribution is 2.37. The zero-order valence-electron chi connectivity index (χ0n) is 17.6. The summed E-state index contributed by atoms with van der Waals surface area (Å²) in [4.78, 5) is 19.5. The minimum absolute atomic E-state index is 0.0105. The number of hydrogen-bond donors (Lipinski definition) is 1. The van der Waals surface area contributed by atoms with Gasteiger partial charge in [-0.2, -0.15) is 13.2 Å². The number of methoxy groups -OCH3 is 1. The van der Waals surface area contributed by atoms with Crippen molar-refractivity contribution in [2.75, 3.05) is 13.7 Å². The van der Waals surface area contributed by atoms with Crippen LogP contribution < -0.4 is 15.0 Å². The molecule has 33 heavy (non-hydrogen) atoms. The van der Waals surface area contributed by atoms with Crippen LogP contribution in [0.15, 0.2) is 59.4 Å². The van der Waals surface area contributed by atoms with Gasteiger partial charge in [0.05, 0.1) is 36.0 Å². The normalized spacial score (nSPS) is 11.5. The van der Waals surface area contributed by atoms with E-state index in [4.69, 9.17) is 21.7 Å². The van der Waals surface area contributed by atoms with Crippen LogP contribution in [0.4, 0.5) is 13.2 Å². The predicted octanol–water partition coefficient (Wildman–Crippen LogP) is 5.54. The van der Waals surface area contributed by atoms with Crippen LogP contribution >= 0.6 is 12.2 Å². The number of rotatable bonds is 5. The molecule has 4 aromatic rings. The molecule has 0 amide bonds. The van der Waals surface area contributed by atoms with Crippen LogP contribution in [0.3, 0.4) is 0 Å². The number of pyridine rings is 1. The van der Waals surface area contributed by atoms with Gasteiger partial charge in [0.1, 0.15) is 11.5 Å². The van der Waals surface area contributed by atoms with Gasteiger partial charge in [0.2, 0.25) is 0 Å². The minimum Gasteiger partial charge on any atom is -0.497 e. The third-order valence-electron chi connectivity index (χ3n) is 4.94. The molecule has 0 aliphatic rings. The van der Waals surface area contributed by atoms with E-state index in [0.717, 1.165) is 6.07 Å². The topological polar surface area (TPSA) is 69.1 Å². The first-order chi connectivity index (χ1) is 15.7. The summed E-state index contributed by atoms with van der Waals surface area (Å²) in [6.45, 7) is 2.10. The van der Waals surface area contributed by atoms with Gasteiger partial charge < -0.3 is 9.47 Å². The molecule has 0 aliphatic carbocycles. The van der Waals surface area contributed by atoms with Crippen molar-refractivity contribution in [1.29, 1.82) is 0 Å². The monoisotopic (exact) mass is 473 g/mol. The van der Waals surface area contributed by atoms with Gasteiger partial charge >= 0.3 is 6.18 Å². The Labute approximate surface area is 191 Å². The summed E-state index contributed by atoms with van der Waals surface area (Å²) in [5.41, 5.74) is -1.58. The van der Waals surface area contributed by atoms with Gasteiger partial charge in [0.25, 0.3) is 5.56 Å². The number of para-hydroxylation sites is 2. The first-order valence-electron chi connectivity index (χ1n) is 9.88. The van der Waals surface area contributed by atoms with E-state index < -0.39 is 22.7 Å². The molecule has 6 nitrogen and oxygen atoms in total. The fourth-order valence-electron chi connectivity index (χ4n) is 3.53. The molecular formula is C23H18F3N3O3S. The van der Waals surface area contributed by atoms with Crippen molar-refractivity contribution < 1.29 is 22.6 Å². The average molecular weight is 473 g/mol. The van der Waals surface area contributed by atoms with E-state index >= 15 is 0 Å². The number of H-pyrrole nitrogens is 1. The Kier molecular flexibility index (Phi) is 5.94. The molecule has 0 bridgehead atoms. The maximum absolute atomic E-state index is 14.1. The summed E-state index contributed by atoms with van der Waals surface area (Å²) in [5.74, 6) is 0.832. The molecule has 2 aromatic carbocycles. The van der Waals surface area contributed by atoms with Crippen molar-refractivity contribution in [2.45, 2.75) is 13.1 Å². The molecule has 0 atom stereocenters. The molecule has 0 spiro atoms. The Morgan fingerprint density at radius 3 is 2.58 bits per heavy atom. The molecule has 0 radical (unpaired) electrons. The van der Waals surface area contributed by atoms with Gasteiger partial charge in [-0.25, -0.2) is 4.98 Å². The lowest BCUT2D eigenvalue weighted by molar-refractivity contribution is -0.136. The molecule has 170 valence electrons. The lowest BCUT2D eigenvalue weighted by atomic mass is 10.1. The smallest absolute Gasteiger partial charge is 0.417 e. The Bertz CT molecular complexity index is 1460. The van der Waals surface area contributed by atoms with E-state index in [1.807, 2.05) is 0 Å². The van der Waals surface area contributed by atoms with Crippen LogP contribution in [0.25, 0.3) is 28.0 Å². The quantitative estimate of drug-likeness (QED) is 0.386. The number of nitrogens with one attached hydrogen (secondary N) is 1. The molecular weight excluding hydrogens is 455 g/mol. The third kappa shape index (κ3) is 4.21. The molecule has 0 saturated heterocycles. The van der Waals surface area contributed by atoms with Gasteiger partial charge in [-0.1, -0.05) is 24.3 Å². The number of alkyl halides is 3. The van der Waals surface area contributed by atoms with Crippen molar-refractivity contribution >= 4 is 23.3 Å². The van der Waals surface area contributed by atoms with Crippen molar-refractivity contribution in [3.05, 3.63) is 75.3 Å². The van der Waals surface area contributed by atoms with E-state index in [9.17, 15) is 18.0 Å². The number of halogens is 3. The second kappa shape index (κ2) is 8.70. The first kappa shape index (κ1) is 22.5. The SMILES string of the molecule is CCOc1ccccc1-n1c(=S)[nH]c(=O)c2c(C(F)(F)F)cc(-c3cccc(OC)c3)nc21. The van der Waals surface area contributed by atoms with Gasteiger partial charge in [-0.3, -0.25) is 14.3 Å². The predicted molar refractivity (Wildman–Crippen MR) is 121 cm³/mol. The van der Waals surface area contributed by atoms with Gasteiger partial charge in [-0.15, -0.1) is 0 Å². The minimum atomic E-state index is -4.82. The molecule has 0 saturated carbocycles. The third-order valence-corrected chi connectivity index (χ3v) is 5.22. The Morgan fingerprint density at radius 2 is 1.88 bits per heavy atom. The van der Waals surface area contributed by atoms with Gasteiger partial charge in [0, 0.05) is 5.56 Å². The average Bonchev–Trinajstić information content (AvgIpc) is 2.79. The van der Waals surface area contributed by atoms with Gasteiger partial charge in [-0.05, 0) is 49.5 Å². The summed E-state index contributed by atoms with van der Waals surface area (Å²) < 4.78 is 54.3. The Morgan fingerprint density at radius 1 is 1.12 bits per heavy atom. The number of fused-ring (bicyclic) bond motifs is 1. The van der Waals surface area contributed by atoms with Crippen LogP contribution in [0.1, 0.15) is 12.5 Å². The molecule has 4 rings (SSSR count). The Balaban J connectivity index is 2.17. The zero-order valence-corrected chi connectivity index (χ0v) is 18.4. The molecule has 10 heteroatoms. The fourth-order valence-corrected chi connectivity index (χ4v) is 3.80. The zero-order chi connectivity index (χ0) is 23.8. The van der Waals surface area contributed by atoms with Crippen LogP contribution in [0.5, 0.6) is 11.5 Å². The number of nitrogens with zero attached hydrogens (tertiary/aromatic N) is 2. The second-order valence-electron chi connectivity index (χ2n) is 6.98. The first-order valence-corrected chi connectivity index (χ1v) is 10.3. The number of ether oxygens (including phenoxy) is 2. The molecule has 0 fully saturated rings. The van der Waals surface area contributed by atoms with E-state index in [1.165, 1.54) is 11.7 Å². The lowest BCUT2D eigenvalue weighted by Gasteiger charge is -2.18. The maximum atomic E-state index is 14.1. The van der Waals surface area contributed by atoms with E-state index in [0.29, 0.717) is 29.4 Å². The van der Waals surface area contributed by atoms with E-state index in [2.05, 4.69) is 9.97 Å². The summed E-state index contributed by atoms with van der Waals surface area (Å²) in [7, 11) is 1.45. The lowest BCUT2D eigenvalue weighted by Crippen LogP contribution is -2.20. The summed E-state index contributed by atoms with van der Waals surface area (Å²) in [6.07, 6.45) is -4.82. The summed E-state index contributed by atoms with van der Waals surface area (Å²) >= 11 is 5.34. The van der Waals surface area contributed by atoms with Gasteiger partial charge in [0.15, 0.2) is 10.4 Å². The van der Waals surface area contributed by atoms with Crippen molar-refractivity contribution in [3.8, 4) is 28.4 Å². The Hall–Kier alpha value is -3.66. The highest BCUT2D eigenvalue weighted by Gasteiger charge is 2.36. The largest absolute Gasteiger partial charge is 0.497 e. The number of hydrogen-bond acceptors (Lipinski definition) is 5. The number of aromatic amines is 1. The highest BCUT2D eigenvalue weighted by molar-refractivity contribution is 7.71. The molecule has 0 unspecified atom stereocenters. The number of benzene rings is 2. The highest BCUT2D eigenvalue weighted by atomic mass is 32.1. The summed E-state index contributed by atoms with van der Waals surface area (Å²) in [6, 6.07) is 14.0. The van der Waals surface area contributed by atoms with Crippen molar-refractivity contribution in [2.24, 2.45) is 0 Å². The molecule has 1 N–H and O–H groups in total. The molecule has 0 aliphatic heterocycles. The van der Waals surface area contributed by atoms with Crippen LogP contribution in [-0.2, 0) is 6.18 Å². The fraction of sp³-hybridized carbons (Fsp3) is 0.174. The van der Waals surface area contributed by atoms with Crippen LogP contribution in [-0.4, -0.2) is 28.3 Å². The second-order valence-corrected chi connectivity index (χ2v) is 7.37. The standard InChI is InChI=1S/C23H18F3N3O3S/c1-3-32-18-10-5-4-9-17(18)29-20-19(21(30)28-22(29)33)15(23(24,25)26)12-16(27-20)13-7-6-8-14(11-13)31-2/h4-12H,3H2,1-2H3,(H,28,30,33). The van der Waals surface area contributed by atoms with E-state index in [-0.39, 0.29) is 16.1 Å². The van der Waals surface area contributed by atoms with Crippen molar-refractivity contribution in [3.63, 3.8) is 0 Å². The van der Waals surface area contributed by atoms with Crippen molar-refractivity contribution in [1.82, 2.24) is 14.5 Å². The maximum Gasteiger partial charge on any atom is 0.417 e. The van der Waals surface area contributed by atoms with E-state index in [1.54, 1.807) is 55.5 Å². The molecule has 2 aromatic heterocycles. The van der Waals surface area contributed by atoms with Crippen LogP contribution in [0.2, 0.25) is 0 Å². The molecule has 2 heterocycles. The number of aromatic nitrogens is 3. The summed E-state index contributed by atoms with van der Waals surface area (Å²) in [5, 5.41) is -0.617. The van der Waals surface area contributed by atoms with Crippen LogP contribution in [0, 0.1) is 4.77 Å².